The van der Waals surface area contributed by atoms with E-state index in [9.17, 15) is 13.2 Å². The van der Waals surface area contributed by atoms with Gasteiger partial charge in [0.25, 0.3) is 0 Å². The molecule has 0 N–H and O–H groups in total. The van der Waals surface area contributed by atoms with Gasteiger partial charge in [-0.05, 0) is 36.3 Å². The van der Waals surface area contributed by atoms with E-state index in [1.54, 1.807) is 25.3 Å². The molecule has 0 fully saturated rings. The van der Waals surface area contributed by atoms with Crippen molar-refractivity contribution in [3.05, 3.63) is 53.6 Å². The molecule has 3 rings (SSSR count). The number of rotatable bonds is 7. The third-order valence-corrected chi connectivity index (χ3v) is 5.44. The Hall–Kier alpha value is -2.80. The SMILES string of the molecule is CCCOc1cc2c(cc1C(=O)/C=C/c1ccc(OC)cc1)OCS2(=O)=O. The number of hydrogen-bond acceptors (Lipinski definition) is 6. The third kappa shape index (κ3) is 4.14. The van der Waals surface area contributed by atoms with Crippen LogP contribution in [0.3, 0.4) is 0 Å². The number of ether oxygens (including phenoxy) is 3. The van der Waals surface area contributed by atoms with Gasteiger partial charge in [0.15, 0.2) is 11.7 Å². The lowest BCUT2D eigenvalue weighted by Gasteiger charge is -2.10. The molecule has 0 saturated carbocycles. The van der Waals surface area contributed by atoms with Crippen molar-refractivity contribution < 1.29 is 27.4 Å². The zero-order chi connectivity index (χ0) is 19.4. The Bertz CT molecular complexity index is 974. The molecule has 0 unspecified atom stereocenters. The van der Waals surface area contributed by atoms with Crippen molar-refractivity contribution >= 4 is 21.7 Å². The quantitative estimate of drug-likeness (QED) is 0.534. The minimum Gasteiger partial charge on any atom is -0.497 e. The Kier molecular flexibility index (Phi) is 5.51. The van der Waals surface area contributed by atoms with Crippen molar-refractivity contribution in [1.82, 2.24) is 0 Å². The number of benzene rings is 2. The van der Waals surface area contributed by atoms with Gasteiger partial charge in [-0.15, -0.1) is 0 Å². The largest absolute Gasteiger partial charge is 0.497 e. The number of methoxy groups -OCH3 is 1. The summed E-state index contributed by atoms with van der Waals surface area (Å²) in [6.07, 6.45) is 3.83. The van der Waals surface area contributed by atoms with Gasteiger partial charge in [-0.3, -0.25) is 4.79 Å². The Balaban J connectivity index is 1.91. The van der Waals surface area contributed by atoms with Gasteiger partial charge in [-0.1, -0.05) is 25.1 Å². The van der Waals surface area contributed by atoms with Crippen molar-refractivity contribution in [3.63, 3.8) is 0 Å². The molecule has 0 amide bonds. The molecule has 0 aromatic heterocycles. The average Bonchev–Trinajstić information content (AvgIpc) is 2.98. The molecule has 1 heterocycles. The maximum atomic E-state index is 12.7. The Labute approximate surface area is 158 Å². The highest BCUT2D eigenvalue weighted by Gasteiger charge is 2.31. The summed E-state index contributed by atoms with van der Waals surface area (Å²) >= 11 is 0. The van der Waals surface area contributed by atoms with E-state index in [0.29, 0.717) is 6.61 Å². The van der Waals surface area contributed by atoms with Gasteiger partial charge in [0.1, 0.15) is 22.1 Å². The van der Waals surface area contributed by atoms with Gasteiger partial charge < -0.3 is 14.2 Å². The molecule has 1 aliphatic heterocycles. The molecule has 142 valence electrons. The Morgan fingerprint density at radius 2 is 1.96 bits per heavy atom. The molecular formula is C20H20O6S. The molecule has 2 aromatic carbocycles. The van der Waals surface area contributed by atoms with Crippen LogP contribution in [0, 0.1) is 0 Å². The molecule has 27 heavy (non-hydrogen) atoms. The van der Waals surface area contributed by atoms with E-state index in [0.717, 1.165) is 17.7 Å². The standard InChI is InChI=1S/C20H20O6S/c1-3-10-25-18-12-20-19(26-13-27(20,22)23)11-16(18)17(21)9-6-14-4-7-15(24-2)8-5-14/h4-9,11-12H,3,10,13H2,1-2H3/b9-6+. The van der Waals surface area contributed by atoms with Crippen molar-refractivity contribution in [2.75, 3.05) is 19.7 Å². The van der Waals surface area contributed by atoms with Crippen LogP contribution in [-0.2, 0) is 9.84 Å². The first-order valence-corrected chi connectivity index (χ1v) is 10.1. The summed E-state index contributed by atoms with van der Waals surface area (Å²) in [4.78, 5) is 12.7. The number of ketones is 1. The van der Waals surface area contributed by atoms with E-state index in [1.807, 2.05) is 19.1 Å². The molecule has 7 heteroatoms. The van der Waals surface area contributed by atoms with Crippen molar-refractivity contribution in [3.8, 4) is 17.2 Å². The first kappa shape index (κ1) is 19.0. The third-order valence-electron chi connectivity index (χ3n) is 4.02. The second kappa shape index (κ2) is 7.84. The van der Waals surface area contributed by atoms with E-state index in [1.165, 1.54) is 18.2 Å². The van der Waals surface area contributed by atoms with E-state index in [2.05, 4.69) is 0 Å². The lowest BCUT2D eigenvalue weighted by molar-refractivity contribution is 0.104. The fourth-order valence-electron chi connectivity index (χ4n) is 2.60. The Morgan fingerprint density at radius 3 is 2.63 bits per heavy atom. The molecular weight excluding hydrogens is 368 g/mol. The van der Waals surface area contributed by atoms with Gasteiger partial charge in [0.2, 0.25) is 9.84 Å². The highest BCUT2D eigenvalue weighted by atomic mass is 32.2. The van der Waals surface area contributed by atoms with Crippen molar-refractivity contribution in [2.24, 2.45) is 0 Å². The second-order valence-electron chi connectivity index (χ2n) is 5.99. The summed E-state index contributed by atoms with van der Waals surface area (Å²) in [5.41, 5.74) is 1.10. The van der Waals surface area contributed by atoms with Crippen molar-refractivity contribution in [2.45, 2.75) is 18.2 Å². The van der Waals surface area contributed by atoms with Gasteiger partial charge in [0.05, 0.1) is 19.3 Å². The van der Waals surface area contributed by atoms with Crippen LogP contribution >= 0.6 is 0 Å². The molecule has 0 saturated heterocycles. The van der Waals surface area contributed by atoms with Crippen molar-refractivity contribution in [1.29, 1.82) is 0 Å². The van der Waals surface area contributed by atoms with E-state index in [4.69, 9.17) is 14.2 Å². The summed E-state index contributed by atoms with van der Waals surface area (Å²) in [7, 11) is -1.92. The van der Waals surface area contributed by atoms with Crippen LogP contribution in [0.1, 0.15) is 29.3 Å². The van der Waals surface area contributed by atoms with E-state index >= 15 is 0 Å². The number of allylic oxidation sites excluding steroid dienone is 1. The summed E-state index contributed by atoms with van der Waals surface area (Å²) in [5, 5.41) is 0. The second-order valence-corrected chi connectivity index (χ2v) is 7.90. The lowest BCUT2D eigenvalue weighted by Crippen LogP contribution is -2.05. The minimum atomic E-state index is -3.50. The Morgan fingerprint density at radius 1 is 1.22 bits per heavy atom. The molecule has 6 nitrogen and oxygen atoms in total. The van der Waals surface area contributed by atoms with Gasteiger partial charge in [0, 0.05) is 6.07 Å². The molecule has 0 aliphatic carbocycles. The summed E-state index contributed by atoms with van der Waals surface area (Å²) in [6.45, 7) is 2.31. The van der Waals surface area contributed by atoms with Crippen LogP contribution in [0.2, 0.25) is 0 Å². The van der Waals surface area contributed by atoms with Crippen LogP contribution in [-0.4, -0.2) is 33.9 Å². The summed E-state index contributed by atoms with van der Waals surface area (Å²) < 4.78 is 40.0. The summed E-state index contributed by atoms with van der Waals surface area (Å²) in [6, 6.07) is 10.1. The van der Waals surface area contributed by atoms with Crippen LogP contribution in [0.4, 0.5) is 0 Å². The molecule has 0 radical (unpaired) electrons. The summed E-state index contributed by atoms with van der Waals surface area (Å²) in [5.74, 6) is 0.432. The van der Waals surface area contributed by atoms with Crippen LogP contribution in [0.15, 0.2) is 47.4 Å². The average molecular weight is 388 g/mol. The number of sulfone groups is 1. The number of hydrogen-bond donors (Lipinski definition) is 0. The van der Waals surface area contributed by atoms with E-state index in [-0.39, 0.29) is 27.7 Å². The first-order chi connectivity index (χ1) is 12.9. The van der Waals surface area contributed by atoms with E-state index < -0.39 is 15.8 Å². The zero-order valence-electron chi connectivity index (χ0n) is 15.1. The molecule has 0 spiro atoms. The first-order valence-electron chi connectivity index (χ1n) is 8.47. The maximum absolute atomic E-state index is 12.7. The highest BCUT2D eigenvalue weighted by Crippen LogP contribution is 2.37. The predicted molar refractivity (Wildman–Crippen MR) is 101 cm³/mol. The smallest absolute Gasteiger partial charge is 0.217 e. The van der Waals surface area contributed by atoms with Crippen LogP contribution in [0.25, 0.3) is 6.08 Å². The zero-order valence-corrected chi connectivity index (χ0v) is 15.9. The monoisotopic (exact) mass is 388 g/mol. The van der Waals surface area contributed by atoms with Gasteiger partial charge in [-0.25, -0.2) is 8.42 Å². The molecule has 2 aromatic rings. The number of carbonyl (C=O) groups excluding carboxylic acids is 1. The topological polar surface area (TPSA) is 78.9 Å². The normalized spacial score (nSPS) is 14.6. The maximum Gasteiger partial charge on any atom is 0.217 e. The fourth-order valence-corrected chi connectivity index (χ4v) is 3.72. The van der Waals surface area contributed by atoms with Gasteiger partial charge >= 0.3 is 0 Å². The predicted octanol–water partition coefficient (Wildman–Crippen LogP) is 3.50. The molecule has 0 atom stereocenters. The minimum absolute atomic E-state index is 0.0595. The van der Waals surface area contributed by atoms with Crippen LogP contribution < -0.4 is 14.2 Å². The lowest BCUT2D eigenvalue weighted by atomic mass is 10.1. The molecule has 0 bridgehead atoms. The highest BCUT2D eigenvalue weighted by molar-refractivity contribution is 7.91. The number of carbonyl (C=O) groups is 1. The number of fused-ring (bicyclic) bond motifs is 1. The van der Waals surface area contributed by atoms with Gasteiger partial charge in [-0.2, -0.15) is 0 Å². The van der Waals surface area contributed by atoms with Crippen LogP contribution in [0.5, 0.6) is 17.2 Å². The molecule has 1 aliphatic rings. The fraction of sp³-hybridized carbons (Fsp3) is 0.250.